The maximum atomic E-state index is 15.2. The molecule has 8 rings (SSSR count). The number of carbonyl (C=O) groups excluding carboxylic acids is 6. The number of aliphatic hydroxyl groups is 3. The number of hydrogen-bond donors (Lipinski definition) is 6. The first-order valence-corrected chi connectivity index (χ1v) is 26.6. The van der Waals surface area contributed by atoms with Crippen molar-refractivity contribution in [2.45, 2.75) is 152 Å². The molecule has 4 aliphatic carbocycles. The number of amides is 1. The van der Waals surface area contributed by atoms with Crippen molar-refractivity contribution >= 4 is 58.5 Å². The molecule has 3 aromatic rings. The monoisotopic (exact) mass is 1120 g/mol. The lowest BCUT2D eigenvalue weighted by Gasteiger charge is -2.67. The third-order valence-electron chi connectivity index (χ3n) is 15.9. The molecule has 426 valence electrons. The number of hydrazone groups is 1. The van der Waals surface area contributed by atoms with Crippen molar-refractivity contribution in [3.8, 4) is 0 Å². The van der Waals surface area contributed by atoms with Crippen LogP contribution in [0.15, 0.2) is 106 Å². The van der Waals surface area contributed by atoms with Gasteiger partial charge in [-0.3, -0.25) is 18.6 Å². The Morgan fingerprint density at radius 2 is 1.54 bits per heavy atom. The molecule has 7 N–H and O–H groups in total. The van der Waals surface area contributed by atoms with Gasteiger partial charge in [-0.1, -0.05) is 62.4 Å². The van der Waals surface area contributed by atoms with E-state index in [0.29, 0.717) is 24.1 Å². The molecule has 79 heavy (non-hydrogen) atoms. The van der Waals surface area contributed by atoms with E-state index in [1.165, 1.54) is 50.2 Å². The molecule has 3 aromatic carbocycles. The number of aliphatic hydroxyl groups excluding tert-OH is 2. The Kier molecular flexibility index (Phi) is 17.4. The van der Waals surface area contributed by atoms with Gasteiger partial charge in [-0.05, 0) is 112 Å². The Morgan fingerprint density at radius 3 is 2.08 bits per heavy atom. The predicted octanol–water partition coefficient (Wildman–Crippen LogP) is 4.55. The van der Waals surface area contributed by atoms with Crippen LogP contribution in [0.3, 0.4) is 0 Å². The maximum absolute atomic E-state index is 15.2. The molecule has 4 fully saturated rings. The highest BCUT2D eigenvalue weighted by Gasteiger charge is 2.78. The molecular formula is C56H66N3O19S-. The van der Waals surface area contributed by atoms with Crippen molar-refractivity contribution in [2.24, 2.45) is 33.6 Å². The second kappa shape index (κ2) is 23.1. The summed E-state index contributed by atoms with van der Waals surface area (Å²) in [4.78, 5) is 95.5. The Hall–Kier alpha value is -6.89. The maximum Gasteiger partial charge on any atom is 0.408 e. The van der Waals surface area contributed by atoms with Crippen LogP contribution < -0.4 is 11.2 Å². The van der Waals surface area contributed by atoms with Gasteiger partial charge in [0.25, 0.3) is 0 Å². The number of hydrogen-bond acceptors (Lipinski definition) is 20. The van der Waals surface area contributed by atoms with Crippen molar-refractivity contribution in [3.05, 3.63) is 113 Å². The van der Waals surface area contributed by atoms with Gasteiger partial charge >= 0.3 is 35.9 Å². The number of carboxylic acids is 1. The van der Waals surface area contributed by atoms with Gasteiger partial charge < -0.3 is 64.6 Å². The summed E-state index contributed by atoms with van der Waals surface area (Å²) in [5.74, 6) is -2.54. The van der Waals surface area contributed by atoms with Crippen LogP contribution in [0.4, 0.5) is 4.79 Å². The first-order valence-electron chi connectivity index (χ1n) is 25.6. The Morgan fingerprint density at radius 1 is 0.924 bits per heavy atom. The van der Waals surface area contributed by atoms with Crippen molar-refractivity contribution in [2.75, 3.05) is 6.61 Å². The van der Waals surface area contributed by atoms with E-state index in [0.717, 1.165) is 6.92 Å². The third-order valence-corrected chi connectivity index (χ3v) is 16.5. The standard InChI is InChI=1S/C49H61N3O15.C7H6O4S/c1-25-31(63-43(59)37(64-42(58)29-19-20-30(21-29)52-50)35(27-15-11-9-12-16-27)51-44(60)67-45(3,4)5)23-49(61)40(65-41(57)28-17-13-10-14-18-28)38-47(8,39(56)36(55)34(25)46(49,6)7)32(54)22-33-48(38,24-62-33)66-26(2)53;8-7(9)5-1-3-6(4-2-5)12(10)11/h9-18,29,31-33,35-38,40,54-55,61H,19-24,50H2,1-8H3,(H,51,60);1-4H,(H,8,9)(H,10,11)/p-1/b52-30+;/t29?,31-,32-,33+,35-,36+,37+,38-,40-,47+,48-,49+;/m1./s1. The molecule has 1 amide bonds. The van der Waals surface area contributed by atoms with Crippen LogP contribution in [-0.4, -0.2) is 137 Å². The van der Waals surface area contributed by atoms with E-state index in [1.54, 1.807) is 83.1 Å². The smallest absolute Gasteiger partial charge is 0.408 e. The van der Waals surface area contributed by atoms with Crippen molar-refractivity contribution in [1.82, 2.24) is 5.32 Å². The Bertz CT molecular complexity index is 2890. The molecule has 13 atom stereocenters. The number of aromatic carboxylic acids is 1. The van der Waals surface area contributed by atoms with Crippen LogP contribution in [-0.2, 0) is 58.7 Å². The van der Waals surface area contributed by atoms with E-state index in [4.69, 9.17) is 39.4 Å². The third kappa shape index (κ3) is 11.7. The van der Waals surface area contributed by atoms with E-state index in [2.05, 4.69) is 10.4 Å². The second-order valence-corrected chi connectivity index (χ2v) is 23.1. The first-order chi connectivity index (χ1) is 37.0. The quantitative estimate of drug-likeness (QED) is 0.0362. The number of fused-ring (bicyclic) bond motifs is 5. The zero-order chi connectivity index (χ0) is 58.2. The normalized spacial score (nSPS) is 30.4. The summed E-state index contributed by atoms with van der Waals surface area (Å²) in [6, 6.07) is 19.6. The summed E-state index contributed by atoms with van der Waals surface area (Å²) in [5.41, 5.74) is -7.86. The summed E-state index contributed by atoms with van der Waals surface area (Å²) in [6.07, 6.45) is -10.8. The number of ether oxygens (including phenoxy) is 6. The van der Waals surface area contributed by atoms with Gasteiger partial charge in [-0.15, -0.1) is 0 Å². The lowest BCUT2D eigenvalue weighted by molar-refractivity contribution is -0.346. The summed E-state index contributed by atoms with van der Waals surface area (Å²) in [7, 11) is 0. The van der Waals surface area contributed by atoms with Crippen molar-refractivity contribution in [1.29, 1.82) is 0 Å². The number of esters is 4. The van der Waals surface area contributed by atoms with E-state index in [9.17, 15) is 48.1 Å². The zero-order valence-electron chi connectivity index (χ0n) is 44.9. The largest absolute Gasteiger partial charge is 0.768 e. The number of nitrogens with two attached hydrogens (primary N) is 1. The summed E-state index contributed by atoms with van der Waals surface area (Å²) < 4.78 is 56.9. The van der Waals surface area contributed by atoms with Crippen LogP contribution in [0.1, 0.15) is 120 Å². The van der Waals surface area contributed by atoms with Gasteiger partial charge in [0.1, 0.15) is 41.7 Å². The van der Waals surface area contributed by atoms with Crippen molar-refractivity contribution in [3.63, 3.8) is 0 Å². The van der Waals surface area contributed by atoms with E-state index in [1.807, 2.05) is 0 Å². The van der Waals surface area contributed by atoms with E-state index < -0.39 is 141 Å². The topological polar surface area (TPSA) is 346 Å². The first kappa shape index (κ1) is 59.8. The van der Waals surface area contributed by atoms with Crippen molar-refractivity contribution < 1.29 is 91.2 Å². The van der Waals surface area contributed by atoms with Crippen LogP contribution >= 0.6 is 0 Å². The Labute approximate surface area is 458 Å². The highest BCUT2D eigenvalue weighted by atomic mass is 32.2. The number of nitrogens with zero attached hydrogens (tertiary/aromatic N) is 1. The SMILES string of the molecule is CC(=O)O[C@]12CO[C@H]1C[C@@H](O)[C@]1(C)C(=O)[C@@H](O)C3=C(C)[C@H](OC(=O)[C@@H](OC(=O)C4CC/C(=N\N)C4)[C@H](NC(=O)OC(C)(C)C)c4ccccc4)C[C@](O)([C@H](OC(=O)c4ccccc4)[C@@H]21)C3(C)C.O=C(O)c1ccc(S(=O)[O-])cc1. The molecule has 2 unspecified atom stereocenters. The molecule has 3 saturated carbocycles. The van der Waals surface area contributed by atoms with Crippen LogP contribution in [0.25, 0.3) is 0 Å². The molecular weight excluding hydrogens is 1050 g/mol. The number of carbonyl (C=O) groups is 7. The number of alkyl carbamates (subject to hydrolysis) is 1. The van der Waals surface area contributed by atoms with Crippen LogP contribution in [0.5, 0.6) is 0 Å². The molecule has 0 aromatic heterocycles. The highest BCUT2D eigenvalue weighted by Crippen LogP contribution is 2.64. The summed E-state index contributed by atoms with van der Waals surface area (Å²) in [6.45, 7) is 11.7. The predicted molar refractivity (Wildman–Crippen MR) is 277 cm³/mol. The van der Waals surface area contributed by atoms with Gasteiger partial charge in [-0.25, -0.2) is 19.2 Å². The van der Waals surface area contributed by atoms with Gasteiger partial charge in [-0.2, -0.15) is 5.10 Å². The number of Topliss-reactive ketones (excluding diaryl/α,β-unsaturated/α-hetero) is 1. The summed E-state index contributed by atoms with van der Waals surface area (Å²) in [5, 5.41) is 53.0. The highest BCUT2D eigenvalue weighted by molar-refractivity contribution is 7.79. The van der Waals surface area contributed by atoms with Crippen LogP contribution in [0, 0.1) is 22.7 Å². The number of nitrogens with one attached hydrogen (secondary N) is 1. The van der Waals surface area contributed by atoms with E-state index in [-0.39, 0.29) is 46.6 Å². The molecule has 1 saturated heterocycles. The minimum Gasteiger partial charge on any atom is -0.768 e. The number of carboxylic acid groups (broad SMARTS) is 1. The second-order valence-electron chi connectivity index (χ2n) is 22.2. The van der Waals surface area contributed by atoms with Gasteiger partial charge in [0.05, 0.1) is 41.1 Å². The average Bonchev–Trinajstić information content (AvgIpc) is 3.46. The fourth-order valence-corrected chi connectivity index (χ4v) is 12.1. The molecule has 0 radical (unpaired) electrons. The van der Waals surface area contributed by atoms with Crippen LogP contribution in [0.2, 0.25) is 0 Å². The van der Waals surface area contributed by atoms with E-state index >= 15 is 9.59 Å². The molecule has 2 bridgehead atoms. The van der Waals surface area contributed by atoms with Gasteiger partial charge in [0.15, 0.2) is 11.4 Å². The molecule has 5 aliphatic rings. The minimum absolute atomic E-state index is 0.0604. The molecule has 23 heteroatoms. The van der Waals surface area contributed by atoms with Gasteiger partial charge in [0.2, 0.25) is 6.10 Å². The minimum atomic E-state index is -2.42. The lowest BCUT2D eigenvalue weighted by Crippen LogP contribution is -2.81. The molecule has 1 heterocycles. The fraction of sp³-hybridized carbons (Fsp3) is 0.500. The Balaban J connectivity index is 0.000000665. The number of rotatable bonds is 12. The average molecular weight is 1120 g/mol. The number of ketones is 1. The molecule has 1 aliphatic heterocycles. The fourth-order valence-electron chi connectivity index (χ4n) is 11.7. The van der Waals surface area contributed by atoms with Gasteiger partial charge in [0, 0.05) is 42.2 Å². The molecule has 22 nitrogen and oxygen atoms in total. The zero-order valence-corrected chi connectivity index (χ0v) is 45.7. The number of benzene rings is 3. The summed E-state index contributed by atoms with van der Waals surface area (Å²) >= 11 is -2.29. The molecule has 0 spiro atoms. The lowest BCUT2D eigenvalue weighted by atomic mass is 9.44.